The second kappa shape index (κ2) is 8.97. The fraction of sp³-hybridized carbons (Fsp3) is 1.00. The minimum atomic E-state index is 0.652. The number of hydrogen-bond donors (Lipinski definition) is 1. The average molecular weight is 241 g/mol. The van der Waals surface area contributed by atoms with Crippen molar-refractivity contribution >= 4 is 0 Å². The van der Waals surface area contributed by atoms with E-state index in [1.54, 1.807) is 0 Å². The largest absolute Gasteiger partial charge is 0.314 e. The number of rotatable bonds is 9. The highest BCUT2D eigenvalue weighted by Crippen LogP contribution is 2.19. The maximum atomic E-state index is 3.69. The normalized spacial score (nSPS) is 19.1. The molecule has 0 saturated heterocycles. The lowest BCUT2D eigenvalue weighted by Crippen LogP contribution is -2.35. The highest BCUT2D eigenvalue weighted by Gasteiger charge is 2.17. The first-order chi connectivity index (χ1) is 7.90. The molecule has 0 aromatic heterocycles. The molecule has 0 heterocycles. The molecule has 0 spiro atoms. The monoisotopic (exact) mass is 241 g/mol. The van der Waals surface area contributed by atoms with Crippen LogP contribution < -0.4 is 5.32 Å². The Morgan fingerprint density at radius 1 is 0.882 bits per heavy atom. The third-order valence-corrected chi connectivity index (χ3v) is 4.77. The van der Waals surface area contributed by atoms with Gasteiger partial charge in [-0.25, -0.2) is 0 Å². The molecule has 4 unspecified atom stereocenters. The molecule has 0 rings (SSSR count). The topological polar surface area (TPSA) is 12.0 Å². The van der Waals surface area contributed by atoms with Crippen molar-refractivity contribution in [2.24, 2.45) is 23.7 Å². The van der Waals surface area contributed by atoms with E-state index < -0.39 is 0 Å². The first-order valence-corrected chi connectivity index (χ1v) is 7.63. The van der Waals surface area contributed by atoms with Crippen molar-refractivity contribution < 1.29 is 0 Å². The molecule has 1 heteroatoms. The van der Waals surface area contributed by atoms with Gasteiger partial charge in [0, 0.05) is 6.04 Å². The van der Waals surface area contributed by atoms with Crippen LogP contribution in [0.3, 0.4) is 0 Å². The Kier molecular flexibility index (Phi) is 8.94. The molecule has 4 atom stereocenters. The summed E-state index contributed by atoms with van der Waals surface area (Å²) in [5.41, 5.74) is 0. The molecule has 0 amide bonds. The Balaban J connectivity index is 3.67. The van der Waals surface area contributed by atoms with Crippen LogP contribution in [0.5, 0.6) is 0 Å². The molecular formula is C16H35N. The zero-order valence-electron chi connectivity index (χ0n) is 13.2. The molecule has 0 saturated carbocycles. The van der Waals surface area contributed by atoms with Crippen LogP contribution in [-0.4, -0.2) is 12.6 Å². The predicted octanol–water partition coefficient (Wildman–Crippen LogP) is 4.72. The molecule has 0 radical (unpaired) electrons. The van der Waals surface area contributed by atoms with E-state index in [4.69, 9.17) is 0 Å². The van der Waals surface area contributed by atoms with Crippen molar-refractivity contribution in [1.29, 1.82) is 0 Å². The lowest BCUT2D eigenvalue weighted by Gasteiger charge is -2.26. The van der Waals surface area contributed by atoms with Gasteiger partial charge in [-0.05, 0) is 50.0 Å². The second-order valence-electron chi connectivity index (χ2n) is 6.35. The number of nitrogens with one attached hydrogen (secondary N) is 1. The molecule has 0 aromatic carbocycles. The van der Waals surface area contributed by atoms with Gasteiger partial charge in [0.25, 0.3) is 0 Å². The van der Waals surface area contributed by atoms with E-state index in [0.717, 1.165) is 23.7 Å². The standard InChI is InChI=1S/C16H35N/c1-8-13(4)15(6)16(7)17-11-9-10-14(5)12(2)3/h12-17H,8-11H2,1-7H3. The van der Waals surface area contributed by atoms with Gasteiger partial charge in [0.05, 0.1) is 0 Å². The van der Waals surface area contributed by atoms with Crippen LogP contribution in [0.1, 0.15) is 67.7 Å². The minimum absolute atomic E-state index is 0.652. The van der Waals surface area contributed by atoms with Crippen LogP contribution in [-0.2, 0) is 0 Å². The van der Waals surface area contributed by atoms with Gasteiger partial charge in [-0.15, -0.1) is 0 Å². The predicted molar refractivity (Wildman–Crippen MR) is 79.3 cm³/mol. The average Bonchev–Trinajstić information content (AvgIpc) is 2.31. The molecule has 0 aromatic rings. The van der Waals surface area contributed by atoms with E-state index in [1.807, 2.05) is 0 Å². The third kappa shape index (κ3) is 7.08. The van der Waals surface area contributed by atoms with Crippen molar-refractivity contribution in [3.63, 3.8) is 0 Å². The van der Waals surface area contributed by atoms with E-state index in [1.165, 1.54) is 25.8 Å². The minimum Gasteiger partial charge on any atom is -0.314 e. The van der Waals surface area contributed by atoms with Crippen molar-refractivity contribution in [1.82, 2.24) is 5.32 Å². The molecule has 0 fully saturated rings. The Morgan fingerprint density at radius 3 is 1.94 bits per heavy atom. The number of hydrogen-bond acceptors (Lipinski definition) is 1. The first-order valence-electron chi connectivity index (χ1n) is 7.63. The maximum Gasteiger partial charge on any atom is 0.00669 e. The smallest absolute Gasteiger partial charge is 0.00669 e. The van der Waals surface area contributed by atoms with Crippen LogP contribution in [0.4, 0.5) is 0 Å². The molecule has 17 heavy (non-hydrogen) atoms. The van der Waals surface area contributed by atoms with Crippen LogP contribution in [0.25, 0.3) is 0 Å². The molecule has 104 valence electrons. The maximum absolute atomic E-state index is 3.69. The molecule has 1 nitrogen and oxygen atoms in total. The summed E-state index contributed by atoms with van der Waals surface area (Å²) in [7, 11) is 0. The molecule has 0 aliphatic rings. The SMILES string of the molecule is CCC(C)C(C)C(C)NCCCC(C)C(C)C. The zero-order chi connectivity index (χ0) is 13.4. The summed E-state index contributed by atoms with van der Waals surface area (Å²) in [5, 5.41) is 3.69. The summed E-state index contributed by atoms with van der Waals surface area (Å²) in [5.74, 6) is 3.29. The summed E-state index contributed by atoms with van der Waals surface area (Å²) in [6, 6.07) is 0.652. The van der Waals surface area contributed by atoms with Gasteiger partial charge in [0.2, 0.25) is 0 Å². The Morgan fingerprint density at radius 2 is 1.47 bits per heavy atom. The molecule has 0 aliphatic carbocycles. The van der Waals surface area contributed by atoms with Crippen molar-refractivity contribution in [2.45, 2.75) is 73.8 Å². The van der Waals surface area contributed by atoms with E-state index in [-0.39, 0.29) is 0 Å². The first kappa shape index (κ1) is 17.0. The lowest BCUT2D eigenvalue weighted by atomic mass is 9.88. The Bertz CT molecular complexity index is 176. The lowest BCUT2D eigenvalue weighted by molar-refractivity contribution is 0.286. The van der Waals surface area contributed by atoms with Gasteiger partial charge < -0.3 is 5.32 Å². The summed E-state index contributed by atoms with van der Waals surface area (Å²) >= 11 is 0. The summed E-state index contributed by atoms with van der Waals surface area (Å²) in [4.78, 5) is 0. The van der Waals surface area contributed by atoms with E-state index in [0.29, 0.717) is 6.04 Å². The van der Waals surface area contributed by atoms with Gasteiger partial charge in [-0.3, -0.25) is 0 Å². The van der Waals surface area contributed by atoms with E-state index in [9.17, 15) is 0 Å². The van der Waals surface area contributed by atoms with Crippen LogP contribution in [0.15, 0.2) is 0 Å². The fourth-order valence-electron chi connectivity index (χ4n) is 2.14. The highest BCUT2D eigenvalue weighted by molar-refractivity contribution is 4.72. The fourth-order valence-corrected chi connectivity index (χ4v) is 2.14. The molecule has 1 N–H and O–H groups in total. The van der Waals surface area contributed by atoms with Crippen LogP contribution in [0.2, 0.25) is 0 Å². The Labute approximate surface area is 110 Å². The van der Waals surface area contributed by atoms with Gasteiger partial charge in [0.15, 0.2) is 0 Å². The molecule has 0 aliphatic heterocycles. The van der Waals surface area contributed by atoms with Crippen LogP contribution in [0, 0.1) is 23.7 Å². The van der Waals surface area contributed by atoms with Gasteiger partial charge in [0.1, 0.15) is 0 Å². The van der Waals surface area contributed by atoms with Gasteiger partial charge in [-0.2, -0.15) is 0 Å². The van der Waals surface area contributed by atoms with Crippen LogP contribution >= 0.6 is 0 Å². The van der Waals surface area contributed by atoms with Crippen molar-refractivity contribution in [3.8, 4) is 0 Å². The highest BCUT2D eigenvalue weighted by atomic mass is 14.9. The summed E-state index contributed by atoms with van der Waals surface area (Å²) < 4.78 is 0. The zero-order valence-corrected chi connectivity index (χ0v) is 13.2. The van der Waals surface area contributed by atoms with Gasteiger partial charge in [-0.1, -0.05) is 48.0 Å². The quantitative estimate of drug-likeness (QED) is 0.576. The van der Waals surface area contributed by atoms with Gasteiger partial charge >= 0.3 is 0 Å². The third-order valence-electron chi connectivity index (χ3n) is 4.77. The Hall–Kier alpha value is -0.0400. The molecular weight excluding hydrogens is 206 g/mol. The van der Waals surface area contributed by atoms with E-state index >= 15 is 0 Å². The summed E-state index contributed by atoms with van der Waals surface area (Å²) in [6.45, 7) is 17.6. The van der Waals surface area contributed by atoms with E-state index in [2.05, 4.69) is 53.8 Å². The van der Waals surface area contributed by atoms with Crippen molar-refractivity contribution in [3.05, 3.63) is 0 Å². The van der Waals surface area contributed by atoms with Crippen molar-refractivity contribution in [2.75, 3.05) is 6.54 Å². The summed E-state index contributed by atoms with van der Waals surface area (Å²) in [6.07, 6.45) is 3.96. The molecule has 0 bridgehead atoms. The second-order valence-corrected chi connectivity index (χ2v) is 6.35.